The maximum absolute atomic E-state index is 13.6. The van der Waals surface area contributed by atoms with Crippen molar-refractivity contribution < 1.29 is 19.0 Å². The quantitative estimate of drug-likeness (QED) is 0.508. The van der Waals surface area contributed by atoms with E-state index in [0.717, 1.165) is 22.6 Å². The molecule has 1 amide bonds. The third kappa shape index (κ3) is 4.24. The number of benzene rings is 2. The lowest BCUT2D eigenvalue weighted by molar-refractivity contribution is -0.00183. The van der Waals surface area contributed by atoms with Crippen LogP contribution < -0.4 is 14.2 Å². The van der Waals surface area contributed by atoms with Gasteiger partial charge in [-0.3, -0.25) is 9.48 Å². The van der Waals surface area contributed by atoms with Gasteiger partial charge < -0.3 is 19.1 Å². The number of aryl methyl sites for hydroxylation is 1. The number of hydrogen-bond donors (Lipinski definition) is 0. The topological polar surface area (TPSA) is 65.8 Å². The third-order valence-corrected chi connectivity index (χ3v) is 6.65. The van der Waals surface area contributed by atoms with Gasteiger partial charge in [-0.05, 0) is 52.0 Å². The minimum absolute atomic E-state index is 0.0331. The van der Waals surface area contributed by atoms with Crippen LogP contribution in [0.3, 0.4) is 0 Å². The van der Waals surface area contributed by atoms with Crippen LogP contribution in [-0.2, 0) is 12.6 Å². The maximum atomic E-state index is 13.6. The van der Waals surface area contributed by atoms with E-state index in [4.69, 9.17) is 14.2 Å². The number of carbonyl (C=O) groups excluding carboxylic acids is 1. The average Bonchev–Trinajstić information content (AvgIpc) is 3.21. The molecule has 0 N–H and O–H groups in total. The lowest BCUT2D eigenvalue weighted by Crippen LogP contribution is -2.49. The van der Waals surface area contributed by atoms with Crippen LogP contribution in [-0.4, -0.2) is 45.9 Å². The van der Waals surface area contributed by atoms with Crippen molar-refractivity contribution in [3.8, 4) is 28.5 Å². The second-order valence-electron chi connectivity index (χ2n) is 9.91. The Morgan fingerprint density at radius 2 is 1.74 bits per heavy atom. The summed E-state index contributed by atoms with van der Waals surface area (Å²) < 4.78 is 20.4. The fraction of sp³-hybridized carbons (Fsp3) is 0.429. The Balaban J connectivity index is 1.39. The summed E-state index contributed by atoms with van der Waals surface area (Å²) in [6.45, 7) is 9.04. The molecular weight excluding hydrogens is 442 g/mol. The van der Waals surface area contributed by atoms with Crippen molar-refractivity contribution in [3.63, 3.8) is 0 Å². The molecule has 3 aromatic rings. The normalized spacial score (nSPS) is 16.1. The van der Waals surface area contributed by atoms with Crippen LogP contribution in [0.25, 0.3) is 11.3 Å². The van der Waals surface area contributed by atoms with E-state index < -0.39 is 5.60 Å². The van der Waals surface area contributed by atoms with E-state index in [1.807, 2.05) is 86.9 Å². The smallest absolute Gasteiger partial charge is 0.257 e. The lowest BCUT2D eigenvalue weighted by atomic mass is 9.81. The van der Waals surface area contributed by atoms with E-state index in [1.165, 1.54) is 0 Å². The summed E-state index contributed by atoms with van der Waals surface area (Å²) in [4.78, 5) is 15.5. The molecule has 184 valence electrons. The molecule has 0 atom stereocenters. The van der Waals surface area contributed by atoms with E-state index in [1.54, 1.807) is 0 Å². The molecule has 5 rings (SSSR count). The zero-order chi connectivity index (χ0) is 24.7. The number of carbonyl (C=O) groups is 1. The van der Waals surface area contributed by atoms with Gasteiger partial charge >= 0.3 is 0 Å². The summed E-state index contributed by atoms with van der Waals surface area (Å²) >= 11 is 0. The number of aromatic nitrogens is 2. The molecule has 1 spiro atoms. The second kappa shape index (κ2) is 8.95. The molecule has 0 unspecified atom stereocenters. The first kappa shape index (κ1) is 23.3. The van der Waals surface area contributed by atoms with Crippen LogP contribution in [0.2, 0.25) is 0 Å². The molecule has 2 aliphatic rings. The van der Waals surface area contributed by atoms with Gasteiger partial charge in [-0.25, -0.2) is 0 Å². The van der Waals surface area contributed by atoms with Crippen molar-refractivity contribution >= 4 is 5.91 Å². The SMILES string of the molecule is CC(C)Oc1ccc(C(=O)N2CCC3(CC2)Oc2ccccc2-c2c3cnn2C)c(OC(C)C)c1. The molecule has 0 aliphatic carbocycles. The Kier molecular flexibility index (Phi) is 5.95. The highest BCUT2D eigenvalue weighted by molar-refractivity contribution is 5.97. The first-order valence-electron chi connectivity index (χ1n) is 12.3. The first-order valence-corrected chi connectivity index (χ1v) is 12.3. The van der Waals surface area contributed by atoms with Gasteiger partial charge in [0, 0.05) is 50.2 Å². The van der Waals surface area contributed by atoms with Crippen LogP contribution in [0.15, 0.2) is 48.7 Å². The van der Waals surface area contributed by atoms with E-state index >= 15 is 0 Å². The molecule has 1 aromatic heterocycles. The zero-order valence-corrected chi connectivity index (χ0v) is 21.1. The van der Waals surface area contributed by atoms with Gasteiger partial charge in [0.25, 0.3) is 5.91 Å². The van der Waals surface area contributed by atoms with Crippen molar-refractivity contribution in [2.45, 2.75) is 58.3 Å². The van der Waals surface area contributed by atoms with Crippen LogP contribution in [0.4, 0.5) is 0 Å². The number of fused-ring (bicyclic) bond motifs is 4. The van der Waals surface area contributed by atoms with Crippen LogP contribution in [0.1, 0.15) is 56.5 Å². The Morgan fingerprint density at radius 1 is 1.03 bits per heavy atom. The fourth-order valence-corrected chi connectivity index (χ4v) is 5.10. The monoisotopic (exact) mass is 475 g/mol. The van der Waals surface area contributed by atoms with Crippen molar-refractivity contribution in [1.29, 1.82) is 0 Å². The number of amides is 1. The highest BCUT2D eigenvalue weighted by Gasteiger charge is 2.46. The first-order chi connectivity index (χ1) is 16.8. The molecule has 1 saturated heterocycles. The summed E-state index contributed by atoms with van der Waals surface area (Å²) in [6, 6.07) is 13.6. The molecule has 0 saturated carbocycles. The lowest BCUT2D eigenvalue weighted by Gasteiger charge is -2.44. The fourth-order valence-electron chi connectivity index (χ4n) is 5.10. The van der Waals surface area contributed by atoms with Gasteiger partial charge in [0.2, 0.25) is 0 Å². The predicted octanol–water partition coefficient (Wildman–Crippen LogP) is 5.19. The van der Waals surface area contributed by atoms with Crippen LogP contribution >= 0.6 is 0 Å². The van der Waals surface area contributed by atoms with Crippen LogP contribution in [0, 0.1) is 0 Å². The number of ether oxygens (including phenoxy) is 3. The van der Waals surface area contributed by atoms with Crippen molar-refractivity contribution in [1.82, 2.24) is 14.7 Å². The zero-order valence-electron chi connectivity index (χ0n) is 21.1. The van der Waals surface area contributed by atoms with Crippen molar-refractivity contribution in [2.24, 2.45) is 7.05 Å². The summed E-state index contributed by atoms with van der Waals surface area (Å²) in [6.07, 6.45) is 3.30. The Labute approximate surface area is 206 Å². The van der Waals surface area contributed by atoms with Crippen molar-refractivity contribution in [3.05, 3.63) is 59.8 Å². The number of likely N-dealkylation sites (tertiary alicyclic amines) is 1. The molecular formula is C28H33N3O4. The molecule has 3 heterocycles. The standard InChI is InChI=1S/C28H33N3O4/c1-18(2)33-20-10-11-22(25(16-20)34-19(3)4)27(32)31-14-12-28(13-15-31)23-17-29-30(5)26(23)21-8-6-7-9-24(21)35-28/h6-11,16-19H,12-15H2,1-5H3. The molecule has 1 fully saturated rings. The van der Waals surface area contributed by atoms with E-state index in [9.17, 15) is 4.79 Å². The molecule has 0 bridgehead atoms. The van der Waals surface area contributed by atoms with Crippen LogP contribution in [0.5, 0.6) is 17.2 Å². The molecule has 7 nitrogen and oxygen atoms in total. The second-order valence-corrected chi connectivity index (χ2v) is 9.91. The Hall–Kier alpha value is -3.48. The average molecular weight is 476 g/mol. The number of piperidine rings is 1. The van der Waals surface area contributed by atoms with Gasteiger partial charge in [0.05, 0.1) is 29.7 Å². The number of nitrogens with zero attached hydrogens (tertiary/aromatic N) is 3. The van der Waals surface area contributed by atoms with Gasteiger partial charge in [-0.15, -0.1) is 0 Å². The Bertz CT molecular complexity index is 1240. The molecule has 35 heavy (non-hydrogen) atoms. The van der Waals surface area contributed by atoms with Gasteiger partial charge in [-0.1, -0.05) is 12.1 Å². The highest BCUT2D eigenvalue weighted by atomic mass is 16.5. The molecule has 2 aliphatic heterocycles. The number of rotatable bonds is 5. The van der Waals surface area contributed by atoms with E-state index in [0.29, 0.717) is 43.0 Å². The van der Waals surface area contributed by atoms with Gasteiger partial charge in [0.1, 0.15) is 22.8 Å². The largest absolute Gasteiger partial charge is 0.491 e. The third-order valence-electron chi connectivity index (χ3n) is 6.65. The summed E-state index contributed by atoms with van der Waals surface area (Å²) in [5, 5.41) is 4.54. The van der Waals surface area contributed by atoms with Gasteiger partial charge in [0.15, 0.2) is 0 Å². The maximum Gasteiger partial charge on any atom is 0.257 e. The molecule has 0 radical (unpaired) electrons. The van der Waals surface area contributed by atoms with Crippen molar-refractivity contribution in [2.75, 3.05) is 13.1 Å². The number of hydrogen-bond acceptors (Lipinski definition) is 5. The minimum Gasteiger partial charge on any atom is -0.491 e. The summed E-state index contributed by atoms with van der Waals surface area (Å²) in [5.41, 5.74) is 3.33. The van der Waals surface area contributed by atoms with Gasteiger partial charge in [-0.2, -0.15) is 5.10 Å². The molecule has 2 aromatic carbocycles. The van der Waals surface area contributed by atoms with E-state index in [-0.39, 0.29) is 18.1 Å². The predicted molar refractivity (Wildman–Crippen MR) is 134 cm³/mol. The minimum atomic E-state index is -0.485. The molecule has 7 heteroatoms. The summed E-state index contributed by atoms with van der Waals surface area (Å²) in [5.74, 6) is 2.09. The summed E-state index contributed by atoms with van der Waals surface area (Å²) in [7, 11) is 1.97. The Morgan fingerprint density at radius 3 is 2.46 bits per heavy atom. The number of para-hydroxylation sites is 1. The highest BCUT2D eigenvalue weighted by Crippen LogP contribution is 2.49. The van der Waals surface area contributed by atoms with E-state index in [2.05, 4.69) is 11.2 Å².